The molecule has 0 bridgehead atoms. The van der Waals surface area contributed by atoms with Crippen molar-refractivity contribution in [1.29, 1.82) is 0 Å². The highest BCUT2D eigenvalue weighted by molar-refractivity contribution is 5.86. The van der Waals surface area contributed by atoms with E-state index in [0.29, 0.717) is 5.92 Å². The number of carbonyl (C=O) groups is 1. The smallest absolute Gasteiger partial charge is 0.228 e. The maximum atomic E-state index is 11.5. The molecule has 13 heavy (non-hydrogen) atoms. The average Bonchev–Trinajstić information content (AvgIpc) is 2.47. The van der Waals surface area contributed by atoms with Crippen molar-refractivity contribution in [2.24, 2.45) is 11.8 Å². The van der Waals surface area contributed by atoms with Gasteiger partial charge in [-0.05, 0) is 24.5 Å². The Morgan fingerprint density at radius 3 is 3.31 bits per heavy atom. The van der Waals surface area contributed by atoms with E-state index in [9.17, 15) is 4.79 Å². The zero-order valence-electron chi connectivity index (χ0n) is 7.29. The van der Waals surface area contributed by atoms with Crippen LogP contribution in [0.3, 0.4) is 0 Å². The molecule has 2 unspecified atom stereocenters. The molecule has 2 aliphatic carbocycles. The van der Waals surface area contributed by atoms with Gasteiger partial charge in [0.25, 0.3) is 0 Å². The summed E-state index contributed by atoms with van der Waals surface area (Å²) in [6.07, 6.45) is 10.5. The number of hydrogen-bond donors (Lipinski definition) is 1. The molecule has 1 aliphatic heterocycles. The van der Waals surface area contributed by atoms with Gasteiger partial charge in [0.05, 0.1) is 5.92 Å². The van der Waals surface area contributed by atoms with Crippen LogP contribution in [0.4, 0.5) is 0 Å². The van der Waals surface area contributed by atoms with E-state index < -0.39 is 0 Å². The van der Waals surface area contributed by atoms with E-state index in [-0.39, 0.29) is 11.8 Å². The van der Waals surface area contributed by atoms with E-state index in [2.05, 4.69) is 17.5 Å². The summed E-state index contributed by atoms with van der Waals surface area (Å²) in [6.45, 7) is 0. The van der Waals surface area contributed by atoms with Gasteiger partial charge in [0.2, 0.25) is 5.91 Å². The van der Waals surface area contributed by atoms with Crippen LogP contribution >= 0.6 is 0 Å². The average molecular weight is 173 g/mol. The first kappa shape index (κ1) is 7.13. The van der Waals surface area contributed by atoms with Crippen molar-refractivity contribution in [3.8, 4) is 0 Å². The van der Waals surface area contributed by atoms with E-state index in [1.54, 1.807) is 0 Å². The first-order valence-corrected chi connectivity index (χ1v) is 4.75. The second-order valence-electron chi connectivity index (χ2n) is 3.84. The molecule has 0 radical (unpaired) electrons. The molecule has 1 heterocycles. The number of carbonyl (C=O) groups excluding carboxylic acids is 1. The molecule has 0 spiro atoms. The van der Waals surface area contributed by atoms with Gasteiger partial charge in [-0.3, -0.25) is 4.79 Å². The van der Waals surface area contributed by atoms with Crippen LogP contribution in [0.25, 0.3) is 0 Å². The summed E-state index contributed by atoms with van der Waals surface area (Å²) >= 11 is 0. The molecule has 0 saturated carbocycles. The van der Waals surface area contributed by atoms with E-state index >= 15 is 0 Å². The third-order valence-corrected chi connectivity index (χ3v) is 3.12. The molecule has 2 heteroatoms. The van der Waals surface area contributed by atoms with Crippen molar-refractivity contribution in [3.63, 3.8) is 0 Å². The van der Waals surface area contributed by atoms with Crippen LogP contribution in [0.1, 0.15) is 12.8 Å². The molecule has 1 N–H and O–H groups in total. The topological polar surface area (TPSA) is 29.1 Å². The quantitative estimate of drug-likeness (QED) is 0.591. The molecule has 0 aromatic heterocycles. The van der Waals surface area contributed by atoms with Crippen molar-refractivity contribution in [2.75, 3.05) is 0 Å². The van der Waals surface area contributed by atoms with Crippen molar-refractivity contribution >= 4 is 5.91 Å². The van der Waals surface area contributed by atoms with Crippen LogP contribution in [0.5, 0.6) is 0 Å². The van der Waals surface area contributed by atoms with Gasteiger partial charge >= 0.3 is 0 Å². The zero-order chi connectivity index (χ0) is 8.84. The lowest BCUT2D eigenvalue weighted by Gasteiger charge is -2.24. The molecule has 2 atom stereocenters. The highest BCUT2D eigenvalue weighted by atomic mass is 16.2. The SMILES string of the molecule is O=C1NC2=CC=CC3=CCCC1C32. The van der Waals surface area contributed by atoms with E-state index in [1.165, 1.54) is 5.57 Å². The predicted molar refractivity (Wildman–Crippen MR) is 49.7 cm³/mol. The Kier molecular flexibility index (Phi) is 1.29. The van der Waals surface area contributed by atoms with Crippen LogP contribution in [-0.4, -0.2) is 5.91 Å². The first-order chi connectivity index (χ1) is 6.36. The zero-order valence-corrected chi connectivity index (χ0v) is 7.29. The first-order valence-electron chi connectivity index (χ1n) is 4.75. The summed E-state index contributed by atoms with van der Waals surface area (Å²) in [5, 5.41) is 2.96. The Hall–Kier alpha value is -1.31. The van der Waals surface area contributed by atoms with Gasteiger partial charge in [-0.2, -0.15) is 0 Å². The summed E-state index contributed by atoms with van der Waals surface area (Å²) in [7, 11) is 0. The van der Waals surface area contributed by atoms with Crippen LogP contribution in [0.15, 0.2) is 35.6 Å². The van der Waals surface area contributed by atoms with Crippen molar-refractivity contribution in [1.82, 2.24) is 5.32 Å². The van der Waals surface area contributed by atoms with Crippen molar-refractivity contribution in [3.05, 3.63) is 35.6 Å². The van der Waals surface area contributed by atoms with Gasteiger partial charge in [-0.15, -0.1) is 0 Å². The second-order valence-corrected chi connectivity index (χ2v) is 3.84. The summed E-state index contributed by atoms with van der Waals surface area (Å²) in [5.41, 5.74) is 2.43. The lowest BCUT2D eigenvalue weighted by Crippen LogP contribution is -2.21. The largest absolute Gasteiger partial charge is 0.329 e. The number of nitrogens with one attached hydrogen (secondary N) is 1. The summed E-state index contributed by atoms with van der Waals surface area (Å²) in [6, 6.07) is 0. The van der Waals surface area contributed by atoms with Crippen LogP contribution in [0.2, 0.25) is 0 Å². The lowest BCUT2D eigenvalue weighted by molar-refractivity contribution is -0.122. The monoisotopic (exact) mass is 173 g/mol. The maximum absolute atomic E-state index is 11.5. The van der Waals surface area contributed by atoms with Crippen molar-refractivity contribution in [2.45, 2.75) is 12.8 Å². The number of hydrogen-bond acceptors (Lipinski definition) is 1. The van der Waals surface area contributed by atoms with Crippen LogP contribution in [0, 0.1) is 11.8 Å². The number of amides is 1. The maximum Gasteiger partial charge on any atom is 0.228 e. The number of allylic oxidation sites excluding steroid dienone is 5. The second kappa shape index (κ2) is 2.34. The minimum Gasteiger partial charge on any atom is -0.329 e. The third-order valence-electron chi connectivity index (χ3n) is 3.12. The Morgan fingerprint density at radius 1 is 1.46 bits per heavy atom. The Morgan fingerprint density at radius 2 is 2.38 bits per heavy atom. The third kappa shape index (κ3) is 0.857. The Labute approximate surface area is 77.0 Å². The van der Waals surface area contributed by atoms with Crippen LogP contribution in [-0.2, 0) is 4.79 Å². The molecule has 0 aromatic rings. The molecule has 3 rings (SSSR count). The van der Waals surface area contributed by atoms with Gasteiger partial charge in [-0.1, -0.05) is 18.2 Å². The van der Waals surface area contributed by atoms with Crippen LogP contribution < -0.4 is 5.32 Å². The summed E-state index contributed by atoms with van der Waals surface area (Å²) in [5.74, 6) is 0.771. The van der Waals surface area contributed by atoms with E-state index in [4.69, 9.17) is 0 Å². The molecule has 1 fully saturated rings. The van der Waals surface area contributed by atoms with Gasteiger partial charge in [0, 0.05) is 11.6 Å². The summed E-state index contributed by atoms with van der Waals surface area (Å²) in [4.78, 5) is 11.5. The fourth-order valence-corrected chi connectivity index (χ4v) is 2.53. The highest BCUT2D eigenvalue weighted by Crippen LogP contribution is 2.41. The van der Waals surface area contributed by atoms with E-state index in [1.807, 2.05) is 12.2 Å². The Bertz CT molecular complexity index is 362. The fourth-order valence-electron chi connectivity index (χ4n) is 2.53. The lowest BCUT2D eigenvalue weighted by atomic mass is 9.77. The number of rotatable bonds is 0. The van der Waals surface area contributed by atoms with Gasteiger partial charge < -0.3 is 5.32 Å². The molecule has 66 valence electrons. The molecule has 3 aliphatic rings. The standard InChI is InChI=1S/C11H11NO/c13-11-8-5-1-3-7-4-2-6-9(12-11)10(7)8/h2-4,6,8,10H,1,5H2,(H,12,13). The van der Waals surface area contributed by atoms with Gasteiger partial charge in [-0.25, -0.2) is 0 Å². The molecular formula is C11H11NO. The molecule has 2 nitrogen and oxygen atoms in total. The van der Waals surface area contributed by atoms with Gasteiger partial charge in [0.15, 0.2) is 0 Å². The molecule has 1 saturated heterocycles. The minimum atomic E-state index is 0.205. The highest BCUT2D eigenvalue weighted by Gasteiger charge is 2.41. The molecular weight excluding hydrogens is 162 g/mol. The fraction of sp³-hybridized carbons (Fsp3) is 0.364. The van der Waals surface area contributed by atoms with Gasteiger partial charge in [0.1, 0.15) is 0 Å². The predicted octanol–water partition coefficient (Wildman–Crippen LogP) is 1.52. The Balaban J connectivity index is 2.13. The summed E-state index contributed by atoms with van der Waals surface area (Å²) < 4.78 is 0. The minimum absolute atomic E-state index is 0.205. The molecule has 1 amide bonds. The molecule has 0 aromatic carbocycles. The van der Waals surface area contributed by atoms with E-state index in [0.717, 1.165) is 18.5 Å². The normalized spacial score (nSPS) is 34.9. The van der Waals surface area contributed by atoms with Crippen molar-refractivity contribution < 1.29 is 4.79 Å².